The van der Waals surface area contributed by atoms with Crippen molar-refractivity contribution in [2.45, 2.75) is 16.3 Å². The second-order valence-corrected chi connectivity index (χ2v) is 6.28. The van der Waals surface area contributed by atoms with Crippen LogP contribution in [0, 0.1) is 15.0 Å². The number of nitroso groups, excluding NO2 is 1. The van der Waals surface area contributed by atoms with E-state index in [0.29, 0.717) is 10.8 Å². The zero-order valence-electron chi connectivity index (χ0n) is 14.3. The number of nitro benzene ring substituents is 1. The number of aliphatic imine (C=N–C) groups is 1. The first-order valence-electron chi connectivity index (χ1n) is 7.97. The standard InChI is InChI=1S/C18H13N5O4S/c24-22-17(27-16-5-2-1-4-15(16)23(25)26)12-21-13-6-8-14(9-7-13)28-18-19-10-3-11-20-18/h1-12,17H. The van der Waals surface area contributed by atoms with E-state index in [-0.39, 0.29) is 11.4 Å². The fourth-order valence-corrected chi connectivity index (χ4v) is 2.82. The molecule has 2 aromatic carbocycles. The van der Waals surface area contributed by atoms with Gasteiger partial charge in [-0.05, 0) is 53.3 Å². The van der Waals surface area contributed by atoms with Crippen molar-refractivity contribution in [3.05, 3.63) is 82.0 Å². The summed E-state index contributed by atoms with van der Waals surface area (Å²) in [6.07, 6.45) is 3.22. The van der Waals surface area contributed by atoms with Crippen molar-refractivity contribution in [3.63, 3.8) is 0 Å². The third kappa shape index (κ3) is 5.17. The van der Waals surface area contributed by atoms with Gasteiger partial charge < -0.3 is 4.74 Å². The number of para-hydroxylation sites is 2. The van der Waals surface area contributed by atoms with Gasteiger partial charge in [-0.2, -0.15) is 0 Å². The second-order valence-electron chi connectivity index (χ2n) is 5.24. The van der Waals surface area contributed by atoms with E-state index in [9.17, 15) is 15.0 Å². The molecule has 10 heteroatoms. The average molecular weight is 395 g/mol. The Hall–Kier alpha value is -3.66. The largest absolute Gasteiger partial charge is 0.453 e. The Morgan fingerprint density at radius 3 is 2.46 bits per heavy atom. The van der Waals surface area contributed by atoms with E-state index >= 15 is 0 Å². The molecule has 140 valence electrons. The molecule has 28 heavy (non-hydrogen) atoms. The number of aromatic nitrogens is 2. The van der Waals surface area contributed by atoms with Crippen LogP contribution in [-0.2, 0) is 0 Å². The van der Waals surface area contributed by atoms with Crippen LogP contribution >= 0.6 is 11.8 Å². The molecule has 0 aliphatic carbocycles. The first-order valence-corrected chi connectivity index (χ1v) is 8.79. The molecule has 1 aromatic heterocycles. The van der Waals surface area contributed by atoms with E-state index in [1.54, 1.807) is 36.7 Å². The third-order valence-electron chi connectivity index (χ3n) is 3.35. The highest BCUT2D eigenvalue weighted by molar-refractivity contribution is 7.99. The van der Waals surface area contributed by atoms with Crippen LogP contribution < -0.4 is 4.74 Å². The quantitative estimate of drug-likeness (QED) is 0.182. The van der Waals surface area contributed by atoms with E-state index < -0.39 is 11.2 Å². The van der Waals surface area contributed by atoms with Crippen molar-refractivity contribution in [1.82, 2.24) is 9.97 Å². The van der Waals surface area contributed by atoms with Gasteiger partial charge in [-0.25, -0.2) is 9.97 Å². The predicted molar refractivity (Wildman–Crippen MR) is 104 cm³/mol. The summed E-state index contributed by atoms with van der Waals surface area (Å²) in [7, 11) is 0. The topological polar surface area (TPSA) is 120 Å². The molecule has 0 spiro atoms. The van der Waals surface area contributed by atoms with Crippen molar-refractivity contribution in [3.8, 4) is 5.75 Å². The van der Waals surface area contributed by atoms with Gasteiger partial charge in [0, 0.05) is 23.4 Å². The lowest BCUT2D eigenvalue weighted by molar-refractivity contribution is -0.386. The molecule has 0 radical (unpaired) electrons. The number of rotatable bonds is 8. The molecule has 0 bridgehead atoms. The van der Waals surface area contributed by atoms with Crippen LogP contribution in [0.2, 0.25) is 0 Å². The Morgan fingerprint density at radius 2 is 1.79 bits per heavy atom. The molecule has 0 saturated heterocycles. The highest BCUT2D eigenvalue weighted by Gasteiger charge is 2.17. The minimum atomic E-state index is -1.30. The third-order valence-corrected chi connectivity index (χ3v) is 4.25. The van der Waals surface area contributed by atoms with E-state index in [1.807, 2.05) is 12.1 Å². The molecule has 0 aliphatic rings. The van der Waals surface area contributed by atoms with Gasteiger partial charge in [0.2, 0.25) is 0 Å². The van der Waals surface area contributed by atoms with Gasteiger partial charge in [0.25, 0.3) is 6.23 Å². The summed E-state index contributed by atoms with van der Waals surface area (Å²) < 4.78 is 5.29. The normalized spacial score (nSPS) is 11.9. The van der Waals surface area contributed by atoms with Gasteiger partial charge >= 0.3 is 5.69 Å². The molecule has 0 aliphatic heterocycles. The molecule has 0 saturated carbocycles. The lowest BCUT2D eigenvalue weighted by Crippen LogP contribution is -2.15. The molecule has 0 N–H and O–H groups in total. The fraction of sp³-hybridized carbons (Fsp3) is 0.0556. The van der Waals surface area contributed by atoms with Crippen LogP contribution in [0.25, 0.3) is 0 Å². The average Bonchev–Trinajstić information content (AvgIpc) is 2.73. The Kier molecular flexibility index (Phi) is 6.37. The van der Waals surface area contributed by atoms with Crippen molar-refractivity contribution in [2.75, 3.05) is 0 Å². The van der Waals surface area contributed by atoms with Gasteiger partial charge in [-0.1, -0.05) is 12.1 Å². The monoisotopic (exact) mass is 395 g/mol. The number of benzene rings is 2. The molecule has 1 unspecified atom stereocenters. The molecular formula is C18H13N5O4S. The number of nitro groups is 1. The van der Waals surface area contributed by atoms with E-state index in [2.05, 4.69) is 20.1 Å². The Bertz CT molecular complexity index is 983. The smallest absolute Gasteiger partial charge is 0.311 e. The van der Waals surface area contributed by atoms with Gasteiger partial charge in [0.1, 0.15) is 0 Å². The highest BCUT2D eigenvalue weighted by atomic mass is 32.2. The molecule has 3 aromatic rings. The summed E-state index contributed by atoms with van der Waals surface area (Å²) in [5.41, 5.74) is 0.312. The van der Waals surface area contributed by atoms with Crippen LogP contribution in [-0.4, -0.2) is 27.3 Å². The summed E-state index contributed by atoms with van der Waals surface area (Å²) in [4.78, 5) is 34.8. The van der Waals surface area contributed by atoms with Crippen molar-refractivity contribution < 1.29 is 9.66 Å². The Labute approximate surface area is 163 Å². The summed E-state index contributed by atoms with van der Waals surface area (Å²) in [5.74, 6) is -0.0573. The maximum absolute atomic E-state index is 11.0. The summed E-state index contributed by atoms with van der Waals surface area (Å²) >= 11 is 1.40. The van der Waals surface area contributed by atoms with E-state index in [1.165, 1.54) is 36.2 Å². The van der Waals surface area contributed by atoms with Crippen LogP contribution in [0.4, 0.5) is 11.4 Å². The van der Waals surface area contributed by atoms with Crippen molar-refractivity contribution >= 4 is 29.4 Å². The van der Waals surface area contributed by atoms with Gasteiger partial charge in [-0.3, -0.25) is 15.1 Å². The van der Waals surface area contributed by atoms with Gasteiger partial charge in [-0.15, -0.1) is 4.91 Å². The van der Waals surface area contributed by atoms with Crippen LogP contribution in [0.15, 0.2) is 87.2 Å². The Morgan fingerprint density at radius 1 is 1.07 bits per heavy atom. The van der Waals surface area contributed by atoms with E-state index in [0.717, 1.165) is 4.90 Å². The van der Waals surface area contributed by atoms with Crippen molar-refractivity contribution in [1.29, 1.82) is 0 Å². The second kappa shape index (κ2) is 9.33. The molecule has 0 fully saturated rings. The predicted octanol–water partition coefficient (Wildman–Crippen LogP) is 4.41. The number of nitrogens with zero attached hydrogens (tertiary/aromatic N) is 5. The van der Waals surface area contributed by atoms with Crippen molar-refractivity contribution in [2.24, 2.45) is 10.2 Å². The van der Waals surface area contributed by atoms with Crippen LogP contribution in [0.1, 0.15) is 0 Å². The number of hydrogen-bond donors (Lipinski definition) is 0. The van der Waals surface area contributed by atoms with E-state index in [4.69, 9.17) is 4.74 Å². The maximum atomic E-state index is 11.0. The first kappa shape index (κ1) is 19.1. The van der Waals surface area contributed by atoms with Gasteiger partial charge in [0.15, 0.2) is 10.9 Å². The maximum Gasteiger partial charge on any atom is 0.311 e. The molecule has 1 atom stereocenters. The molecule has 9 nitrogen and oxygen atoms in total. The lowest BCUT2D eigenvalue weighted by Gasteiger charge is -2.08. The number of ether oxygens (including phenoxy) is 1. The minimum Gasteiger partial charge on any atom is -0.453 e. The molecular weight excluding hydrogens is 382 g/mol. The zero-order valence-corrected chi connectivity index (χ0v) is 15.1. The molecule has 0 amide bonds. The lowest BCUT2D eigenvalue weighted by atomic mass is 10.3. The molecule has 1 heterocycles. The minimum absolute atomic E-state index is 0.0573. The summed E-state index contributed by atoms with van der Waals surface area (Å²) in [5, 5.41) is 14.4. The highest BCUT2D eigenvalue weighted by Crippen LogP contribution is 2.28. The van der Waals surface area contributed by atoms with Crippen LogP contribution in [0.5, 0.6) is 5.75 Å². The van der Waals surface area contributed by atoms with Crippen LogP contribution in [0.3, 0.4) is 0 Å². The van der Waals surface area contributed by atoms with Gasteiger partial charge in [0.05, 0.1) is 16.8 Å². The summed E-state index contributed by atoms with van der Waals surface area (Å²) in [6, 6.07) is 14.6. The number of hydrogen-bond acceptors (Lipinski definition) is 9. The first-order chi connectivity index (χ1) is 13.7. The Balaban J connectivity index is 1.66. The SMILES string of the molecule is O=NC(C=Nc1ccc(Sc2ncccn2)cc1)Oc1ccccc1[N+](=O)[O-]. The fourth-order valence-electron chi connectivity index (χ4n) is 2.11. The zero-order chi connectivity index (χ0) is 19.8. The summed E-state index contributed by atoms with van der Waals surface area (Å²) in [6.45, 7) is 0. The molecule has 3 rings (SSSR count).